The lowest BCUT2D eigenvalue weighted by atomic mass is 10.1. The fraction of sp³-hybridized carbons (Fsp3) is 0.222. The molecule has 0 unspecified atom stereocenters. The van der Waals surface area contributed by atoms with E-state index >= 15 is 0 Å². The molecule has 0 heterocycles. The van der Waals surface area contributed by atoms with Crippen molar-refractivity contribution in [2.24, 2.45) is 0 Å². The molecule has 1 aromatic rings. The van der Waals surface area contributed by atoms with E-state index in [-0.39, 0.29) is 4.69 Å². The second kappa shape index (κ2) is 3.18. The number of hydrogen-bond donors (Lipinski definition) is 0. The van der Waals surface area contributed by atoms with E-state index in [0.29, 0.717) is 5.56 Å². The third-order valence-electron chi connectivity index (χ3n) is 1.73. The van der Waals surface area contributed by atoms with Gasteiger partial charge in [-0.15, -0.1) is 0 Å². The van der Waals surface area contributed by atoms with Crippen LogP contribution in [0.25, 0.3) is 0 Å². The topological polar surface area (TPSA) is 17.1 Å². The van der Waals surface area contributed by atoms with Crippen molar-refractivity contribution in [1.82, 2.24) is 0 Å². The van der Waals surface area contributed by atoms with E-state index in [4.69, 9.17) is 0 Å². The molecule has 0 spiro atoms. The Kier molecular flexibility index (Phi) is 2.45. The number of hydrogen-bond acceptors (Lipinski definition) is 1. The van der Waals surface area contributed by atoms with Gasteiger partial charge in [0, 0.05) is 5.56 Å². The molecule has 0 aromatic heterocycles. The minimum Gasteiger partial charge on any atom is -0.281 e. The molecule has 0 radical (unpaired) electrons. The fourth-order valence-corrected chi connectivity index (χ4v) is 1.11. The van der Waals surface area contributed by atoms with Crippen molar-refractivity contribution in [3.05, 3.63) is 34.9 Å². The van der Waals surface area contributed by atoms with Gasteiger partial charge in [0.1, 0.15) is 0 Å². The first kappa shape index (κ1) is 8.47. The number of aryl methyl sites for hydroxylation is 2. The van der Waals surface area contributed by atoms with Crippen LogP contribution in [-0.2, 0) is 0 Å². The average molecular weight is 213 g/mol. The first-order valence-electron chi connectivity index (χ1n) is 3.38. The number of carbonyl (C=O) groups is 1. The van der Waals surface area contributed by atoms with Gasteiger partial charge in [-0.05, 0) is 47.0 Å². The van der Waals surface area contributed by atoms with Crippen molar-refractivity contribution >= 4 is 20.6 Å². The summed E-state index contributed by atoms with van der Waals surface area (Å²) in [6, 6.07) is 5.65. The summed E-state index contributed by atoms with van der Waals surface area (Å²) in [6.07, 6.45) is 0. The van der Waals surface area contributed by atoms with Crippen LogP contribution in [0, 0.1) is 13.8 Å². The molecule has 0 atom stereocenters. The van der Waals surface area contributed by atoms with E-state index in [0.717, 1.165) is 5.56 Å². The zero-order valence-electron chi connectivity index (χ0n) is 6.52. The highest BCUT2D eigenvalue weighted by atomic mass is 79.9. The first-order chi connectivity index (χ1) is 5.11. The minimum atomic E-state index is -0.0550. The van der Waals surface area contributed by atoms with Crippen LogP contribution in [-0.4, -0.2) is 4.69 Å². The van der Waals surface area contributed by atoms with Gasteiger partial charge >= 0.3 is 0 Å². The van der Waals surface area contributed by atoms with Crippen molar-refractivity contribution in [3.8, 4) is 0 Å². The quantitative estimate of drug-likeness (QED) is 0.655. The SMILES string of the molecule is Cc1ccc(C(=O)Br)cc1C. The first-order valence-corrected chi connectivity index (χ1v) is 4.17. The molecular weight excluding hydrogens is 204 g/mol. The molecule has 58 valence electrons. The minimum absolute atomic E-state index is 0.0550. The molecule has 0 N–H and O–H groups in total. The van der Waals surface area contributed by atoms with E-state index in [9.17, 15) is 4.79 Å². The van der Waals surface area contributed by atoms with Gasteiger partial charge in [0.2, 0.25) is 4.69 Å². The number of carbonyl (C=O) groups excluding carboxylic acids is 1. The second-order valence-electron chi connectivity index (χ2n) is 2.57. The average Bonchev–Trinajstić information content (AvgIpc) is 1.94. The maximum Gasteiger partial charge on any atom is 0.228 e. The van der Waals surface area contributed by atoms with Crippen LogP contribution in [0.2, 0.25) is 0 Å². The van der Waals surface area contributed by atoms with Gasteiger partial charge in [0.15, 0.2) is 0 Å². The predicted octanol–water partition coefficient (Wildman–Crippen LogP) is 2.84. The molecule has 1 aromatic carbocycles. The highest BCUT2D eigenvalue weighted by molar-refractivity contribution is 9.18. The summed E-state index contributed by atoms with van der Waals surface area (Å²) >= 11 is 2.90. The molecule has 11 heavy (non-hydrogen) atoms. The highest BCUT2D eigenvalue weighted by Crippen LogP contribution is 2.11. The van der Waals surface area contributed by atoms with Gasteiger partial charge in [-0.25, -0.2) is 0 Å². The van der Waals surface area contributed by atoms with E-state index in [1.165, 1.54) is 5.56 Å². The van der Waals surface area contributed by atoms with Crippen LogP contribution in [0.5, 0.6) is 0 Å². The Morgan fingerprint density at radius 3 is 2.36 bits per heavy atom. The zero-order valence-corrected chi connectivity index (χ0v) is 8.10. The van der Waals surface area contributed by atoms with Gasteiger partial charge in [-0.2, -0.15) is 0 Å². The van der Waals surface area contributed by atoms with E-state index in [1.807, 2.05) is 32.0 Å². The monoisotopic (exact) mass is 212 g/mol. The van der Waals surface area contributed by atoms with Gasteiger partial charge in [0.25, 0.3) is 0 Å². The summed E-state index contributed by atoms with van der Waals surface area (Å²) in [7, 11) is 0. The third kappa shape index (κ3) is 1.90. The zero-order chi connectivity index (χ0) is 8.43. The van der Waals surface area contributed by atoms with Crippen LogP contribution in [0.3, 0.4) is 0 Å². The van der Waals surface area contributed by atoms with Crippen LogP contribution in [0.15, 0.2) is 18.2 Å². The van der Waals surface area contributed by atoms with Gasteiger partial charge < -0.3 is 0 Å². The second-order valence-corrected chi connectivity index (χ2v) is 3.29. The summed E-state index contributed by atoms with van der Waals surface area (Å²) < 4.78 is -0.0550. The van der Waals surface area contributed by atoms with Crippen molar-refractivity contribution in [2.45, 2.75) is 13.8 Å². The Labute approximate surface area is 74.6 Å². The lowest BCUT2D eigenvalue weighted by molar-refractivity contribution is 0.109. The van der Waals surface area contributed by atoms with Crippen LogP contribution in [0.4, 0.5) is 0 Å². The Balaban J connectivity index is 3.15. The van der Waals surface area contributed by atoms with Crippen molar-refractivity contribution in [1.29, 1.82) is 0 Å². The molecule has 1 rings (SSSR count). The highest BCUT2D eigenvalue weighted by Gasteiger charge is 2.00. The number of halogens is 1. The molecule has 0 amide bonds. The van der Waals surface area contributed by atoms with Crippen LogP contribution >= 0.6 is 15.9 Å². The van der Waals surface area contributed by atoms with Gasteiger partial charge in [0.05, 0.1) is 0 Å². The summed E-state index contributed by atoms with van der Waals surface area (Å²) in [5.74, 6) is 0. The Morgan fingerprint density at radius 1 is 1.27 bits per heavy atom. The molecular formula is C9H9BrO. The molecule has 1 nitrogen and oxygen atoms in total. The predicted molar refractivity (Wildman–Crippen MR) is 49.2 cm³/mol. The molecule has 2 heteroatoms. The number of benzene rings is 1. The third-order valence-corrected chi connectivity index (χ3v) is 2.19. The maximum atomic E-state index is 10.8. The molecule has 0 saturated heterocycles. The molecule has 0 aliphatic rings. The summed E-state index contributed by atoms with van der Waals surface area (Å²) in [5.41, 5.74) is 3.07. The summed E-state index contributed by atoms with van der Waals surface area (Å²) in [4.78, 5) is 10.8. The largest absolute Gasteiger partial charge is 0.281 e. The van der Waals surface area contributed by atoms with Crippen LogP contribution < -0.4 is 0 Å². The van der Waals surface area contributed by atoms with Gasteiger partial charge in [-0.1, -0.05) is 12.1 Å². The van der Waals surface area contributed by atoms with E-state index < -0.39 is 0 Å². The van der Waals surface area contributed by atoms with E-state index in [2.05, 4.69) is 15.9 Å². The molecule has 0 bridgehead atoms. The molecule has 0 aliphatic heterocycles. The Hall–Kier alpha value is -0.630. The normalized spacial score (nSPS) is 9.73. The molecule has 0 saturated carbocycles. The standard InChI is InChI=1S/C9H9BrO/c1-6-3-4-8(9(10)11)5-7(6)2/h3-5H,1-2H3. The molecule has 0 aliphatic carbocycles. The maximum absolute atomic E-state index is 10.8. The van der Waals surface area contributed by atoms with E-state index in [1.54, 1.807) is 0 Å². The smallest absolute Gasteiger partial charge is 0.228 e. The van der Waals surface area contributed by atoms with Crippen molar-refractivity contribution in [2.75, 3.05) is 0 Å². The Morgan fingerprint density at radius 2 is 1.91 bits per heavy atom. The lowest BCUT2D eigenvalue weighted by Gasteiger charge is -1.99. The fourth-order valence-electron chi connectivity index (χ4n) is 0.864. The van der Waals surface area contributed by atoms with Crippen LogP contribution in [0.1, 0.15) is 21.5 Å². The number of rotatable bonds is 1. The van der Waals surface area contributed by atoms with Crippen molar-refractivity contribution < 1.29 is 4.79 Å². The summed E-state index contributed by atoms with van der Waals surface area (Å²) in [5, 5.41) is 0. The van der Waals surface area contributed by atoms with Gasteiger partial charge in [-0.3, -0.25) is 4.79 Å². The summed E-state index contributed by atoms with van der Waals surface area (Å²) in [6.45, 7) is 4.02. The Bertz CT molecular complexity index is 292. The molecule has 0 fully saturated rings. The van der Waals surface area contributed by atoms with Crippen molar-refractivity contribution in [3.63, 3.8) is 0 Å². The lowest BCUT2D eigenvalue weighted by Crippen LogP contribution is -1.89.